The largest absolute Gasteiger partial charge is 0.0925 e. The summed E-state index contributed by atoms with van der Waals surface area (Å²) in [6, 6.07) is 0. The fraction of sp³-hybridized carbons (Fsp3) is 0.778. The van der Waals surface area contributed by atoms with Gasteiger partial charge in [0.25, 0.3) is 0 Å². The number of allylic oxidation sites excluding steroid dienone is 2. The van der Waals surface area contributed by atoms with E-state index in [0.717, 1.165) is 27.8 Å². The topological polar surface area (TPSA) is 0 Å². The van der Waals surface area contributed by atoms with E-state index in [4.69, 9.17) is 0 Å². The Morgan fingerprint density at radius 3 is 2.50 bits per heavy atom. The van der Waals surface area contributed by atoms with Crippen molar-refractivity contribution in [2.45, 2.75) is 12.8 Å². The van der Waals surface area contributed by atoms with Crippen LogP contribution in [-0.2, 0) is 0 Å². The Morgan fingerprint density at radius 2 is 2.00 bits per heavy atom. The molecule has 1 unspecified atom stereocenters. The van der Waals surface area contributed by atoms with Crippen molar-refractivity contribution in [2.24, 2.45) is 11.8 Å². The summed E-state index contributed by atoms with van der Waals surface area (Å²) in [5, 5.41) is 3.29. The van der Waals surface area contributed by atoms with E-state index in [-0.39, 0.29) is 0 Å². The van der Waals surface area contributed by atoms with E-state index in [2.05, 4.69) is 53.9 Å². The lowest BCUT2D eigenvalue weighted by atomic mass is 9.85. The summed E-state index contributed by atoms with van der Waals surface area (Å²) >= 11 is 10.6. The van der Waals surface area contributed by atoms with Crippen LogP contribution in [0.2, 0.25) is 0 Å². The zero-order chi connectivity index (χ0) is 8.97. The average Bonchev–Trinajstić information content (AvgIpc) is 2.16. The van der Waals surface area contributed by atoms with Crippen molar-refractivity contribution in [1.29, 1.82) is 0 Å². The van der Waals surface area contributed by atoms with E-state index in [9.17, 15) is 0 Å². The maximum Gasteiger partial charge on any atom is 0.0242 e. The number of rotatable bonds is 3. The highest BCUT2D eigenvalue weighted by molar-refractivity contribution is 9.09. The van der Waals surface area contributed by atoms with Gasteiger partial charge in [0.1, 0.15) is 0 Å². The average molecular weight is 361 g/mol. The van der Waals surface area contributed by atoms with E-state index >= 15 is 0 Å². The van der Waals surface area contributed by atoms with Gasteiger partial charge in [-0.3, -0.25) is 0 Å². The smallest absolute Gasteiger partial charge is 0.0242 e. The normalized spacial score (nSPS) is 30.1. The predicted molar refractivity (Wildman–Crippen MR) is 65.7 cm³/mol. The standard InChI is InChI=1S/C9H13Br3/c10-4-7-1-8(5-11)3-9(2-7)6-12/h1,7,9H,2-6H2/t7-,9?/m1/s1. The van der Waals surface area contributed by atoms with Crippen LogP contribution >= 0.6 is 47.8 Å². The molecule has 0 N–H and O–H groups in total. The van der Waals surface area contributed by atoms with Crippen molar-refractivity contribution in [2.75, 3.05) is 16.0 Å². The monoisotopic (exact) mass is 358 g/mol. The molecule has 0 saturated carbocycles. The van der Waals surface area contributed by atoms with Crippen LogP contribution in [0.15, 0.2) is 11.6 Å². The SMILES string of the molecule is BrCC1=C[C@@H](CBr)CC(CBr)C1. The molecule has 0 fully saturated rings. The van der Waals surface area contributed by atoms with E-state index in [1.165, 1.54) is 12.8 Å². The Kier molecular flexibility index (Phi) is 5.45. The molecule has 70 valence electrons. The lowest BCUT2D eigenvalue weighted by Crippen LogP contribution is -2.17. The molecule has 0 heterocycles. The Balaban J connectivity index is 2.57. The zero-order valence-corrected chi connectivity index (χ0v) is 11.7. The fourth-order valence-electron chi connectivity index (χ4n) is 1.68. The van der Waals surface area contributed by atoms with Gasteiger partial charge in [-0.25, -0.2) is 0 Å². The highest BCUT2D eigenvalue weighted by atomic mass is 79.9. The highest BCUT2D eigenvalue weighted by Crippen LogP contribution is 2.31. The Labute approximate surface area is 99.6 Å². The third kappa shape index (κ3) is 3.15. The van der Waals surface area contributed by atoms with Crippen molar-refractivity contribution < 1.29 is 0 Å². The van der Waals surface area contributed by atoms with Gasteiger partial charge in [-0.2, -0.15) is 0 Å². The van der Waals surface area contributed by atoms with Gasteiger partial charge in [0.2, 0.25) is 0 Å². The lowest BCUT2D eigenvalue weighted by molar-refractivity contribution is 0.450. The van der Waals surface area contributed by atoms with Crippen LogP contribution in [0.1, 0.15) is 12.8 Å². The minimum absolute atomic E-state index is 0.744. The molecular weight excluding hydrogens is 348 g/mol. The van der Waals surface area contributed by atoms with Gasteiger partial charge in [-0.15, -0.1) is 0 Å². The first-order valence-corrected chi connectivity index (χ1v) is 7.54. The van der Waals surface area contributed by atoms with Crippen LogP contribution in [0.25, 0.3) is 0 Å². The third-order valence-corrected chi connectivity index (χ3v) is 4.71. The van der Waals surface area contributed by atoms with Crippen molar-refractivity contribution >= 4 is 47.8 Å². The molecule has 0 spiro atoms. The first-order valence-electron chi connectivity index (χ1n) is 4.17. The Bertz CT molecular complexity index is 165. The molecule has 0 aliphatic heterocycles. The second kappa shape index (κ2) is 5.82. The Morgan fingerprint density at radius 1 is 1.25 bits per heavy atom. The summed E-state index contributed by atoms with van der Waals surface area (Å²) in [7, 11) is 0. The molecule has 0 nitrogen and oxygen atoms in total. The summed E-state index contributed by atoms with van der Waals surface area (Å²) in [6.07, 6.45) is 5.01. The second-order valence-corrected chi connectivity index (χ2v) is 5.19. The molecule has 0 aromatic heterocycles. The van der Waals surface area contributed by atoms with E-state index in [0.29, 0.717) is 0 Å². The second-order valence-electron chi connectivity index (χ2n) is 3.33. The highest BCUT2D eigenvalue weighted by Gasteiger charge is 2.20. The van der Waals surface area contributed by atoms with E-state index < -0.39 is 0 Å². The van der Waals surface area contributed by atoms with Crippen molar-refractivity contribution in [3.8, 4) is 0 Å². The Hall–Kier alpha value is 1.18. The van der Waals surface area contributed by atoms with Gasteiger partial charge in [-0.1, -0.05) is 59.4 Å². The maximum absolute atomic E-state index is 3.57. The molecule has 1 rings (SSSR count). The molecule has 0 aromatic carbocycles. The summed E-state index contributed by atoms with van der Waals surface area (Å²) in [5.74, 6) is 1.58. The maximum atomic E-state index is 3.57. The summed E-state index contributed by atoms with van der Waals surface area (Å²) < 4.78 is 0. The molecule has 0 amide bonds. The molecule has 0 saturated heterocycles. The minimum atomic E-state index is 0.744. The molecule has 0 radical (unpaired) electrons. The van der Waals surface area contributed by atoms with Crippen LogP contribution in [0.5, 0.6) is 0 Å². The third-order valence-electron chi connectivity index (χ3n) is 2.25. The van der Waals surface area contributed by atoms with Gasteiger partial charge >= 0.3 is 0 Å². The van der Waals surface area contributed by atoms with Gasteiger partial charge in [-0.05, 0) is 24.7 Å². The predicted octanol–water partition coefficient (Wildman–Crippen LogP) is 4.12. The number of hydrogen-bond donors (Lipinski definition) is 0. The fourth-order valence-corrected chi connectivity index (χ4v) is 3.04. The van der Waals surface area contributed by atoms with Gasteiger partial charge < -0.3 is 0 Å². The van der Waals surface area contributed by atoms with Crippen LogP contribution in [0.3, 0.4) is 0 Å². The van der Waals surface area contributed by atoms with Gasteiger partial charge in [0.15, 0.2) is 0 Å². The van der Waals surface area contributed by atoms with Crippen molar-refractivity contribution in [3.05, 3.63) is 11.6 Å². The van der Waals surface area contributed by atoms with Crippen molar-refractivity contribution in [1.82, 2.24) is 0 Å². The van der Waals surface area contributed by atoms with Gasteiger partial charge in [0, 0.05) is 16.0 Å². The van der Waals surface area contributed by atoms with Crippen LogP contribution in [-0.4, -0.2) is 16.0 Å². The minimum Gasteiger partial charge on any atom is -0.0925 e. The molecule has 0 bridgehead atoms. The van der Waals surface area contributed by atoms with E-state index in [1.807, 2.05) is 0 Å². The number of halogens is 3. The number of hydrogen-bond acceptors (Lipinski definition) is 0. The summed E-state index contributed by atoms with van der Waals surface area (Å²) in [5.41, 5.74) is 1.56. The summed E-state index contributed by atoms with van der Waals surface area (Å²) in [4.78, 5) is 0. The number of alkyl halides is 3. The molecule has 0 aromatic rings. The molecule has 2 atom stereocenters. The lowest BCUT2D eigenvalue weighted by Gasteiger charge is -2.25. The first-order chi connectivity index (χ1) is 5.80. The molecule has 12 heavy (non-hydrogen) atoms. The van der Waals surface area contributed by atoms with Crippen LogP contribution in [0.4, 0.5) is 0 Å². The summed E-state index contributed by atoms with van der Waals surface area (Å²) in [6.45, 7) is 0. The molecular formula is C9H13Br3. The van der Waals surface area contributed by atoms with Crippen LogP contribution in [0, 0.1) is 11.8 Å². The van der Waals surface area contributed by atoms with E-state index in [1.54, 1.807) is 5.57 Å². The quantitative estimate of drug-likeness (QED) is 0.524. The first kappa shape index (κ1) is 11.3. The zero-order valence-electron chi connectivity index (χ0n) is 6.90. The molecule has 1 aliphatic carbocycles. The molecule has 3 heteroatoms. The molecule has 1 aliphatic rings. The van der Waals surface area contributed by atoms with Gasteiger partial charge in [0.05, 0.1) is 0 Å². The van der Waals surface area contributed by atoms with Crippen LogP contribution < -0.4 is 0 Å². The van der Waals surface area contributed by atoms with Crippen molar-refractivity contribution in [3.63, 3.8) is 0 Å².